The van der Waals surface area contributed by atoms with Gasteiger partial charge in [-0.25, -0.2) is 27.4 Å². The zero-order chi connectivity index (χ0) is 22.6. The molecule has 1 aromatic heterocycles. The normalized spacial score (nSPS) is 16.7. The molecule has 1 aromatic carbocycles. The Hall–Kier alpha value is -2.92. The summed E-state index contributed by atoms with van der Waals surface area (Å²) >= 11 is 0. The lowest BCUT2D eigenvalue weighted by atomic mass is 10.1. The number of sulfonamides is 1. The highest BCUT2D eigenvalue weighted by molar-refractivity contribution is 7.88. The third kappa shape index (κ3) is 5.82. The summed E-state index contributed by atoms with van der Waals surface area (Å²) in [5.41, 5.74) is 2.40. The molecule has 31 heavy (non-hydrogen) atoms. The minimum Gasteiger partial charge on any atom is -0.462 e. The van der Waals surface area contributed by atoms with Crippen molar-refractivity contribution in [2.24, 2.45) is 0 Å². The maximum absolute atomic E-state index is 12.6. The highest BCUT2D eigenvalue weighted by atomic mass is 32.2. The fourth-order valence-electron chi connectivity index (χ4n) is 3.53. The van der Waals surface area contributed by atoms with Crippen molar-refractivity contribution in [2.75, 3.05) is 31.3 Å². The van der Waals surface area contributed by atoms with Gasteiger partial charge >= 0.3 is 12.0 Å². The van der Waals surface area contributed by atoms with E-state index >= 15 is 0 Å². The summed E-state index contributed by atoms with van der Waals surface area (Å²) in [6.45, 7) is 4.71. The zero-order valence-corrected chi connectivity index (χ0v) is 18.6. The molecule has 2 heterocycles. The molecule has 1 saturated heterocycles. The van der Waals surface area contributed by atoms with Crippen LogP contribution in [0, 0.1) is 6.92 Å². The number of amides is 2. The van der Waals surface area contributed by atoms with Crippen molar-refractivity contribution in [2.45, 2.75) is 32.7 Å². The minimum absolute atomic E-state index is 0.284. The largest absolute Gasteiger partial charge is 0.462 e. The van der Waals surface area contributed by atoms with E-state index in [4.69, 9.17) is 4.74 Å². The highest BCUT2D eigenvalue weighted by Crippen LogP contribution is 2.19. The maximum Gasteiger partial charge on any atom is 0.341 e. The first kappa shape index (κ1) is 22.8. The molecule has 0 aliphatic carbocycles. The summed E-state index contributed by atoms with van der Waals surface area (Å²) in [7, 11) is -3.32. The first-order chi connectivity index (χ1) is 14.7. The number of hydrogen-bond donors (Lipinski definition) is 2. The number of urea groups is 1. The van der Waals surface area contributed by atoms with Gasteiger partial charge in [-0.05, 0) is 51.0 Å². The van der Waals surface area contributed by atoms with Crippen LogP contribution in [-0.4, -0.2) is 67.1 Å². The van der Waals surface area contributed by atoms with Gasteiger partial charge in [-0.2, -0.15) is 5.10 Å². The molecular weight excluding hydrogens is 422 g/mol. The molecule has 3 rings (SSSR count). The lowest BCUT2D eigenvalue weighted by Gasteiger charge is -2.32. The standard InChI is InChI=1S/C20H27N5O5S/c1-4-30-19(26)18-12-21-25(14(18)2)17-9-7-15(8-10-17)22-20(27)24-11-5-6-16(13-24)23-31(3,28)29/h7-10,12,16,23H,4-6,11,13H2,1-3H3,(H,22,27)/t16-/m0/s1. The van der Waals surface area contributed by atoms with E-state index in [2.05, 4.69) is 15.1 Å². The highest BCUT2D eigenvalue weighted by Gasteiger charge is 2.25. The Kier molecular flexibility index (Phi) is 6.96. The van der Waals surface area contributed by atoms with Crippen LogP contribution in [0.2, 0.25) is 0 Å². The summed E-state index contributed by atoms with van der Waals surface area (Å²) in [5.74, 6) is -0.416. The summed E-state index contributed by atoms with van der Waals surface area (Å²) < 4.78 is 32.1. The van der Waals surface area contributed by atoms with E-state index in [1.54, 1.807) is 47.7 Å². The van der Waals surface area contributed by atoms with Crippen molar-refractivity contribution in [3.05, 3.63) is 41.7 Å². The average molecular weight is 450 g/mol. The fraction of sp³-hybridized carbons (Fsp3) is 0.450. The predicted molar refractivity (Wildman–Crippen MR) is 116 cm³/mol. The van der Waals surface area contributed by atoms with Crippen molar-refractivity contribution < 1.29 is 22.7 Å². The van der Waals surface area contributed by atoms with Crippen LogP contribution >= 0.6 is 0 Å². The lowest BCUT2D eigenvalue weighted by Crippen LogP contribution is -2.50. The number of carbonyl (C=O) groups excluding carboxylic acids is 2. The Labute approximate surface area is 181 Å². The minimum atomic E-state index is -3.32. The van der Waals surface area contributed by atoms with E-state index in [1.807, 2.05) is 0 Å². The summed E-state index contributed by atoms with van der Waals surface area (Å²) in [4.78, 5) is 26.2. The van der Waals surface area contributed by atoms with Gasteiger partial charge in [0.2, 0.25) is 10.0 Å². The number of esters is 1. The molecule has 0 spiro atoms. The van der Waals surface area contributed by atoms with Crippen LogP contribution in [0.5, 0.6) is 0 Å². The Balaban J connectivity index is 1.64. The molecule has 10 nitrogen and oxygen atoms in total. The Morgan fingerprint density at radius 1 is 1.26 bits per heavy atom. The van der Waals surface area contributed by atoms with Crippen LogP contribution in [0.25, 0.3) is 5.69 Å². The van der Waals surface area contributed by atoms with Gasteiger partial charge < -0.3 is 15.0 Å². The fourth-order valence-corrected chi connectivity index (χ4v) is 4.33. The third-order valence-corrected chi connectivity index (χ3v) is 5.72. The van der Waals surface area contributed by atoms with Crippen molar-refractivity contribution in [1.29, 1.82) is 0 Å². The van der Waals surface area contributed by atoms with Crippen LogP contribution in [0.1, 0.15) is 35.8 Å². The molecule has 2 aromatic rings. The first-order valence-electron chi connectivity index (χ1n) is 10.0. The monoisotopic (exact) mass is 449 g/mol. The molecule has 0 radical (unpaired) electrons. The Bertz CT molecular complexity index is 1050. The van der Waals surface area contributed by atoms with Gasteiger partial charge in [-0.15, -0.1) is 0 Å². The Morgan fingerprint density at radius 3 is 2.61 bits per heavy atom. The Morgan fingerprint density at radius 2 is 1.97 bits per heavy atom. The van der Waals surface area contributed by atoms with Gasteiger partial charge in [0.15, 0.2) is 0 Å². The number of piperidine rings is 1. The van der Waals surface area contributed by atoms with Crippen molar-refractivity contribution in [1.82, 2.24) is 19.4 Å². The first-order valence-corrected chi connectivity index (χ1v) is 11.9. The van der Waals surface area contributed by atoms with Crippen LogP contribution in [0.3, 0.4) is 0 Å². The number of nitrogens with zero attached hydrogens (tertiary/aromatic N) is 3. The van der Waals surface area contributed by atoms with Gasteiger partial charge in [0, 0.05) is 24.8 Å². The topological polar surface area (TPSA) is 123 Å². The van der Waals surface area contributed by atoms with Crippen molar-refractivity contribution >= 4 is 27.7 Å². The molecule has 2 amide bonds. The summed E-state index contributed by atoms with van der Waals surface area (Å²) in [6.07, 6.45) is 4.01. The van der Waals surface area contributed by atoms with E-state index in [0.29, 0.717) is 43.1 Å². The summed E-state index contributed by atoms with van der Waals surface area (Å²) in [5, 5.41) is 7.09. The zero-order valence-electron chi connectivity index (χ0n) is 17.8. The number of carbonyl (C=O) groups is 2. The van der Waals surface area contributed by atoms with Crippen LogP contribution in [-0.2, 0) is 14.8 Å². The predicted octanol–water partition coefficient (Wildman–Crippen LogP) is 1.90. The van der Waals surface area contributed by atoms with Gasteiger partial charge in [0.1, 0.15) is 5.56 Å². The van der Waals surface area contributed by atoms with Gasteiger partial charge in [0.05, 0.1) is 30.4 Å². The van der Waals surface area contributed by atoms with E-state index in [-0.39, 0.29) is 12.1 Å². The lowest BCUT2D eigenvalue weighted by molar-refractivity contribution is 0.0525. The van der Waals surface area contributed by atoms with Crippen LogP contribution in [0.4, 0.5) is 10.5 Å². The maximum atomic E-state index is 12.6. The third-order valence-electron chi connectivity index (χ3n) is 4.96. The second-order valence-corrected chi connectivity index (χ2v) is 9.21. The molecule has 1 aliphatic rings. The van der Waals surface area contributed by atoms with Crippen LogP contribution < -0.4 is 10.0 Å². The van der Waals surface area contributed by atoms with E-state index in [1.165, 1.54) is 6.20 Å². The number of likely N-dealkylation sites (tertiary alicyclic amines) is 1. The van der Waals surface area contributed by atoms with Crippen molar-refractivity contribution in [3.8, 4) is 5.69 Å². The van der Waals surface area contributed by atoms with Crippen molar-refractivity contribution in [3.63, 3.8) is 0 Å². The molecule has 0 saturated carbocycles. The summed E-state index contributed by atoms with van der Waals surface area (Å²) in [6, 6.07) is 6.49. The number of anilines is 1. The number of nitrogens with one attached hydrogen (secondary N) is 2. The molecular formula is C20H27N5O5S. The molecule has 1 atom stereocenters. The second kappa shape index (κ2) is 9.48. The second-order valence-electron chi connectivity index (χ2n) is 7.43. The number of hydrogen-bond acceptors (Lipinski definition) is 6. The van der Waals surface area contributed by atoms with Crippen LogP contribution in [0.15, 0.2) is 30.5 Å². The van der Waals surface area contributed by atoms with E-state index in [9.17, 15) is 18.0 Å². The van der Waals surface area contributed by atoms with E-state index in [0.717, 1.165) is 18.4 Å². The average Bonchev–Trinajstić information content (AvgIpc) is 3.09. The smallest absolute Gasteiger partial charge is 0.341 e. The number of benzene rings is 1. The van der Waals surface area contributed by atoms with Gasteiger partial charge in [0.25, 0.3) is 0 Å². The molecule has 0 unspecified atom stereocenters. The SMILES string of the molecule is CCOC(=O)c1cnn(-c2ccc(NC(=O)N3CCC[C@H](NS(C)(=O)=O)C3)cc2)c1C. The number of aromatic nitrogens is 2. The molecule has 1 aliphatic heterocycles. The quantitative estimate of drug-likeness (QED) is 0.650. The van der Waals surface area contributed by atoms with Gasteiger partial charge in [-0.1, -0.05) is 0 Å². The van der Waals surface area contributed by atoms with E-state index < -0.39 is 16.0 Å². The number of ether oxygens (including phenoxy) is 1. The molecule has 1 fully saturated rings. The molecule has 2 N–H and O–H groups in total. The van der Waals surface area contributed by atoms with Gasteiger partial charge in [-0.3, -0.25) is 0 Å². The molecule has 0 bridgehead atoms. The molecule has 11 heteroatoms. The molecule has 168 valence electrons. The number of rotatable bonds is 6.